The molecule has 0 aromatic carbocycles. The van der Waals surface area contributed by atoms with Crippen molar-refractivity contribution in [1.82, 2.24) is 0 Å². The van der Waals surface area contributed by atoms with Crippen LogP contribution in [-0.4, -0.2) is 26.1 Å². The first-order valence-electron chi connectivity index (χ1n) is 6.31. The van der Waals surface area contributed by atoms with Crippen LogP contribution in [0.25, 0.3) is 0 Å². The number of nitrogens with two attached hydrogens (primary N) is 1. The molecule has 1 aliphatic rings. The van der Waals surface area contributed by atoms with Crippen LogP contribution in [0.2, 0.25) is 12.6 Å². The molecule has 1 fully saturated rings. The highest BCUT2D eigenvalue weighted by Crippen LogP contribution is 2.53. The number of hydrogen-bond donors (Lipinski definition) is 1. The van der Waals surface area contributed by atoms with Gasteiger partial charge in [-0.05, 0) is 22.5 Å². The van der Waals surface area contributed by atoms with E-state index in [1.165, 1.54) is 0 Å². The lowest BCUT2D eigenvalue weighted by atomic mass is 9.42. The van der Waals surface area contributed by atoms with Crippen molar-refractivity contribution in [2.45, 2.75) is 40.3 Å². The second-order valence-corrected chi connectivity index (χ2v) is 6.26. The van der Waals surface area contributed by atoms with E-state index in [4.69, 9.17) is 5.73 Å². The molecule has 0 saturated carbocycles. The van der Waals surface area contributed by atoms with Gasteiger partial charge < -0.3 is 5.73 Å². The molecule has 4 heteroatoms. The zero-order valence-electron chi connectivity index (χ0n) is 11.5. The van der Waals surface area contributed by atoms with Gasteiger partial charge in [-0.3, -0.25) is 4.99 Å². The fraction of sp³-hybridized carbons (Fsp3) is 0.769. The Balaban J connectivity index is 2.75. The summed E-state index contributed by atoms with van der Waals surface area (Å²) in [6.45, 7) is 9.50. The van der Waals surface area contributed by atoms with E-state index in [9.17, 15) is 4.39 Å². The van der Waals surface area contributed by atoms with E-state index in [1.807, 2.05) is 0 Å². The van der Waals surface area contributed by atoms with Crippen LogP contribution in [0.4, 0.5) is 4.39 Å². The standard InChI is InChI=1S/C13H24BFN2/c1-12(2)9-14(10-13(12,3)4)11(7-16)8-17-6-5-15/h7-8H,5-6,9-10,16H2,1-4H3. The number of rotatable bonds is 4. The van der Waals surface area contributed by atoms with Crippen LogP contribution >= 0.6 is 0 Å². The Bertz CT molecular complexity index is 305. The largest absolute Gasteiger partial charge is 0.405 e. The maximum atomic E-state index is 12.0. The third-order valence-corrected chi connectivity index (χ3v) is 4.46. The van der Waals surface area contributed by atoms with Crippen molar-refractivity contribution in [3.05, 3.63) is 11.7 Å². The summed E-state index contributed by atoms with van der Waals surface area (Å²) in [6, 6.07) is 0. The molecule has 0 radical (unpaired) electrons. The summed E-state index contributed by atoms with van der Waals surface area (Å²) in [5, 5.41) is 0. The van der Waals surface area contributed by atoms with Gasteiger partial charge in [-0.1, -0.05) is 40.3 Å². The highest BCUT2D eigenvalue weighted by Gasteiger charge is 2.48. The Kier molecular flexibility index (Phi) is 4.39. The van der Waals surface area contributed by atoms with Gasteiger partial charge in [-0.2, -0.15) is 0 Å². The van der Waals surface area contributed by atoms with Crippen molar-refractivity contribution in [1.29, 1.82) is 0 Å². The summed E-state index contributed by atoms with van der Waals surface area (Å²) in [6.07, 6.45) is 5.61. The summed E-state index contributed by atoms with van der Waals surface area (Å²) < 4.78 is 12.0. The second-order valence-electron chi connectivity index (χ2n) is 6.26. The van der Waals surface area contributed by atoms with E-state index in [1.54, 1.807) is 12.4 Å². The van der Waals surface area contributed by atoms with Gasteiger partial charge in [0.1, 0.15) is 6.67 Å². The first-order valence-corrected chi connectivity index (χ1v) is 6.31. The molecule has 0 aromatic rings. The fourth-order valence-electron chi connectivity index (χ4n) is 2.60. The minimum atomic E-state index is -0.407. The van der Waals surface area contributed by atoms with Crippen molar-refractivity contribution in [2.24, 2.45) is 21.6 Å². The van der Waals surface area contributed by atoms with Crippen molar-refractivity contribution in [3.8, 4) is 0 Å². The quantitative estimate of drug-likeness (QED) is 0.593. The Hall–Kier alpha value is -0.795. The molecule has 0 bridgehead atoms. The average molecular weight is 238 g/mol. The molecule has 0 aromatic heterocycles. The minimum absolute atomic E-state index is 0.233. The van der Waals surface area contributed by atoms with Gasteiger partial charge in [0.05, 0.1) is 6.54 Å². The summed E-state index contributed by atoms with van der Waals surface area (Å²) >= 11 is 0. The van der Waals surface area contributed by atoms with E-state index in [0.717, 1.165) is 18.1 Å². The van der Waals surface area contributed by atoms with Crippen molar-refractivity contribution >= 4 is 12.9 Å². The molecule has 0 atom stereocenters. The number of allylic oxidation sites excluding steroid dienone is 1. The number of aliphatic imine (C=N–C) groups is 1. The molecule has 2 nitrogen and oxygen atoms in total. The summed E-state index contributed by atoms with van der Waals surface area (Å²) in [5.74, 6) is 0. The molecule has 17 heavy (non-hydrogen) atoms. The maximum absolute atomic E-state index is 12.0. The smallest absolute Gasteiger partial charge is 0.180 e. The van der Waals surface area contributed by atoms with E-state index in [2.05, 4.69) is 32.7 Å². The van der Waals surface area contributed by atoms with Gasteiger partial charge in [0.25, 0.3) is 0 Å². The Labute approximate surface area is 105 Å². The molecule has 1 heterocycles. The highest BCUT2D eigenvalue weighted by atomic mass is 19.1. The van der Waals surface area contributed by atoms with Gasteiger partial charge in [-0.25, -0.2) is 4.39 Å². The molecular formula is C13H24BFN2. The van der Waals surface area contributed by atoms with E-state index < -0.39 is 6.67 Å². The molecule has 0 aliphatic carbocycles. The Morgan fingerprint density at radius 2 is 1.82 bits per heavy atom. The molecule has 2 N–H and O–H groups in total. The molecule has 0 unspecified atom stereocenters. The monoisotopic (exact) mass is 238 g/mol. The summed E-state index contributed by atoms with van der Waals surface area (Å²) in [4.78, 5) is 4.05. The molecule has 0 spiro atoms. The average Bonchev–Trinajstić information content (AvgIpc) is 2.43. The van der Waals surface area contributed by atoms with Crippen LogP contribution < -0.4 is 5.73 Å². The van der Waals surface area contributed by atoms with Crippen molar-refractivity contribution < 1.29 is 4.39 Å². The summed E-state index contributed by atoms with van der Waals surface area (Å²) in [7, 11) is 0. The second kappa shape index (κ2) is 5.24. The lowest BCUT2D eigenvalue weighted by molar-refractivity contribution is 0.177. The summed E-state index contributed by atoms with van der Waals surface area (Å²) in [5.41, 5.74) is 7.33. The third kappa shape index (κ3) is 3.11. The van der Waals surface area contributed by atoms with E-state index in [-0.39, 0.29) is 6.54 Å². The Morgan fingerprint density at radius 1 is 1.29 bits per heavy atom. The van der Waals surface area contributed by atoms with Crippen LogP contribution in [-0.2, 0) is 0 Å². The third-order valence-electron chi connectivity index (χ3n) is 4.46. The number of alkyl halides is 1. The topological polar surface area (TPSA) is 38.4 Å². The normalized spacial score (nSPS) is 23.6. The lowest BCUT2D eigenvalue weighted by Crippen LogP contribution is -2.24. The predicted molar refractivity (Wildman–Crippen MR) is 74.5 cm³/mol. The van der Waals surface area contributed by atoms with E-state index in [0.29, 0.717) is 17.5 Å². The van der Waals surface area contributed by atoms with E-state index >= 15 is 0 Å². The van der Waals surface area contributed by atoms with Gasteiger partial charge in [-0.15, -0.1) is 0 Å². The number of hydrogen-bond acceptors (Lipinski definition) is 2. The van der Waals surface area contributed by atoms with Gasteiger partial charge >= 0.3 is 0 Å². The van der Waals surface area contributed by atoms with Crippen LogP contribution in [0, 0.1) is 10.8 Å². The van der Waals surface area contributed by atoms with Gasteiger partial charge in [0, 0.05) is 6.21 Å². The maximum Gasteiger partial charge on any atom is 0.180 e. The van der Waals surface area contributed by atoms with Crippen molar-refractivity contribution in [2.75, 3.05) is 13.2 Å². The molecular weight excluding hydrogens is 214 g/mol. The van der Waals surface area contributed by atoms with Gasteiger partial charge in [0.2, 0.25) is 0 Å². The van der Waals surface area contributed by atoms with Crippen molar-refractivity contribution in [3.63, 3.8) is 0 Å². The lowest BCUT2D eigenvalue weighted by Gasteiger charge is -2.35. The molecule has 1 rings (SSSR count). The van der Waals surface area contributed by atoms with Crippen LogP contribution in [0.3, 0.4) is 0 Å². The van der Waals surface area contributed by atoms with Crippen LogP contribution in [0.1, 0.15) is 27.7 Å². The number of nitrogens with zero attached hydrogens (tertiary/aromatic N) is 1. The fourth-order valence-corrected chi connectivity index (χ4v) is 2.60. The molecule has 1 saturated heterocycles. The first-order chi connectivity index (χ1) is 7.84. The zero-order chi connectivity index (χ0) is 13.1. The van der Waals surface area contributed by atoms with Gasteiger partial charge in [0.15, 0.2) is 6.71 Å². The van der Waals surface area contributed by atoms with Crippen LogP contribution in [0.15, 0.2) is 16.7 Å². The molecule has 1 aliphatic heterocycles. The first kappa shape index (κ1) is 14.3. The Morgan fingerprint density at radius 3 is 2.24 bits per heavy atom. The zero-order valence-corrected chi connectivity index (χ0v) is 11.5. The SMILES string of the molecule is CC1(C)CB(C(C=NCCF)=CN)CC1(C)C. The molecule has 0 amide bonds. The predicted octanol–water partition coefficient (Wildman–Crippen LogP) is 2.97. The van der Waals surface area contributed by atoms with Crippen LogP contribution in [0.5, 0.6) is 0 Å². The minimum Gasteiger partial charge on any atom is -0.405 e. The highest BCUT2D eigenvalue weighted by molar-refractivity contribution is 6.72. The molecule has 96 valence electrons. The number of halogens is 1.